The Morgan fingerprint density at radius 3 is 2.36 bits per heavy atom. The van der Waals surface area contributed by atoms with Crippen LogP contribution in [0.4, 0.5) is 10.1 Å². The van der Waals surface area contributed by atoms with Crippen molar-refractivity contribution in [2.24, 2.45) is 0 Å². The van der Waals surface area contributed by atoms with E-state index in [4.69, 9.17) is 0 Å². The standard InChI is InChI=1S/C15H20FNO4S/c1-11(2)22(20,21)14-5-3-4-10-15(14,16)12-6-8-13(9-7-12)17(18)19/h6-9,11,14H,3-5,10H2,1-2H3/t14-,15-/m0/s1. The smallest absolute Gasteiger partial charge is 0.258 e. The van der Waals surface area contributed by atoms with Gasteiger partial charge in [0.15, 0.2) is 15.5 Å². The molecule has 0 heterocycles. The van der Waals surface area contributed by atoms with Crippen molar-refractivity contribution in [2.45, 2.75) is 55.7 Å². The van der Waals surface area contributed by atoms with E-state index in [1.807, 2.05) is 0 Å². The van der Waals surface area contributed by atoms with Crippen LogP contribution in [0.25, 0.3) is 0 Å². The number of non-ortho nitro benzene ring substituents is 1. The highest BCUT2D eigenvalue weighted by molar-refractivity contribution is 7.92. The third-order valence-electron chi connectivity index (χ3n) is 4.38. The Hall–Kier alpha value is -1.50. The van der Waals surface area contributed by atoms with E-state index in [9.17, 15) is 18.5 Å². The van der Waals surface area contributed by atoms with Crippen molar-refractivity contribution in [2.75, 3.05) is 0 Å². The number of alkyl halides is 1. The maximum Gasteiger partial charge on any atom is 0.269 e. The predicted molar refractivity (Wildman–Crippen MR) is 82.2 cm³/mol. The van der Waals surface area contributed by atoms with E-state index in [1.165, 1.54) is 24.3 Å². The van der Waals surface area contributed by atoms with Crippen LogP contribution in [0.15, 0.2) is 24.3 Å². The summed E-state index contributed by atoms with van der Waals surface area (Å²) in [4.78, 5) is 10.1. The molecule has 0 spiro atoms. The number of nitro benzene ring substituents is 1. The molecule has 1 aromatic carbocycles. The highest BCUT2D eigenvalue weighted by atomic mass is 32.2. The predicted octanol–water partition coefficient (Wildman–Crippen LogP) is 3.53. The fourth-order valence-corrected chi connectivity index (χ4v) is 4.97. The van der Waals surface area contributed by atoms with Gasteiger partial charge in [-0.2, -0.15) is 0 Å². The summed E-state index contributed by atoms with van der Waals surface area (Å²) in [7, 11) is -3.59. The van der Waals surface area contributed by atoms with Crippen LogP contribution >= 0.6 is 0 Å². The zero-order valence-corrected chi connectivity index (χ0v) is 13.5. The van der Waals surface area contributed by atoms with Crippen LogP contribution in [0, 0.1) is 10.1 Å². The highest BCUT2D eigenvalue weighted by Crippen LogP contribution is 2.45. The highest BCUT2D eigenvalue weighted by Gasteiger charge is 2.50. The number of nitrogens with zero attached hydrogens (tertiary/aromatic N) is 1. The number of hydrogen-bond donors (Lipinski definition) is 0. The van der Waals surface area contributed by atoms with Gasteiger partial charge in [0.05, 0.1) is 15.4 Å². The van der Waals surface area contributed by atoms with Crippen LogP contribution in [0.1, 0.15) is 45.1 Å². The van der Waals surface area contributed by atoms with Crippen LogP contribution in [0.3, 0.4) is 0 Å². The van der Waals surface area contributed by atoms with Gasteiger partial charge in [0.1, 0.15) is 0 Å². The van der Waals surface area contributed by atoms with Crippen molar-refractivity contribution in [3.63, 3.8) is 0 Å². The van der Waals surface area contributed by atoms with E-state index in [-0.39, 0.29) is 24.1 Å². The summed E-state index contributed by atoms with van der Waals surface area (Å²) >= 11 is 0. The second-order valence-electron chi connectivity index (χ2n) is 6.04. The minimum Gasteiger partial charge on any atom is -0.258 e. The Bertz CT molecular complexity index is 657. The molecule has 1 aromatic rings. The van der Waals surface area contributed by atoms with Gasteiger partial charge < -0.3 is 0 Å². The van der Waals surface area contributed by atoms with Gasteiger partial charge in [-0.25, -0.2) is 12.8 Å². The van der Waals surface area contributed by atoms with Crippen LogP contribution in [0.2, 0.25) is 0 Å². The van der Waals surface area contributed by atoms with Gasteiger partial charge >= 0.3 is 0 Å². The first kappa shape index (κ1) is 16.9. The molecular weight excluding hydrogens is 309 g/mol. The maximum absolute atomic E-state index is 15.6. The SMILES string of the molecule is CC(C)S(=O)(=O)[C@H]1CCCC[C@]1(F)c1ccc([N+](=O)[O-])cc1. The van der Waals surface area contributed by atoms with Gasteiger partial charge in [0.25, 0.3) is 5.69 Å². The van der Waals surface area contributed by atoms with Gasteiger partial charge in [0, 0.05) is 12.1 Å². The summed E-state index contributed by atoms with van der Waals surface area (Å²) in [5.41, 5.74) is -1.89. The molecule has 1 saturated carbocycles. The Morgan fingerprint density at radius 1 is 1.27 bits per heavy atom. The van der Waals surface area contributed by atoms with Crippen molar-refractivity contribution in [3.8, 4) is 0 Å². The molecule has 22 heavy (non-hydrogen) atoms. The lowest BCUT2D eigenvalue weighted by atomic mass is 9.80. The molecule has 1 aliphatic rings. The number of benzene rings is 1. The Balaban J connectivity index is 2.46. The summed E-state index contributed by atoms with van der Waals surface area (Å²) in [6, 6.07) is 5.13. The largest absolute Gasteiger partial charge is 0.269 e. The molecule has 122 valence electrons. The van der Waals surface area contributed by atoms with Crippen LogP contribution < -0.4 is 0 Å². The van der Waals surface area contributed by atoms with E-state index in [1.54, 1.807) is 13.8 Å². The van der Waals surface area contributed by atoms with Gasteiger partial charge in [0.2, 0.25) is 0 Å². The summed E-state index contributed by atoms with van der Waals surface area (Å²) in [6.45, 7) is 3.11. The Kier molecular flexibility index (Phi) is 4.56. The summed E-state index contributed by atoms with van der Waals surface area (Å²) in [5.74, 6) is 0. The van der Waals surface area contributed by atoms with Crippen LogP contribution in [-0.2, 0) is 15.5 Å². The molecule has 1 aliphatic carbocycles. The normalized spacial score (nSPS) is 26.1. The summed E-state index contributed by atoms with van der Waals surface area (Å²) in [6.07, 6.45) is 1.70. The Labute approximate surface area is 129 Å². The van der Waals surface area contributed by atoms with Crippen molar-refractivity contribution < 1.29 is 17.7 Å². The zero-order chi connectivity index (χ0) is 16.5. The number of nitro groups is 1. The maximum atomic E-state index is 15.6. The molecule has 0 unspecified atom stereocenters. The number of hydrogen-bond acceptors (Lipinski definition) is 4. The van der Waals surface area contributed by atoms with E-state index < -0.39 is 30.9 Å². The number of halogens is 1. The second-order valence-corrected chi connectivity index (χ2v) is 8.73. The molecule has 2 rings (SSSR count). The molecule has 0 radical (unpaired) electrons. The molecule has 5 nitrogen and oxygen atoms in total. The van der Waals surface area contributed by atoms with Crippen molar-refractivity contribution >= 4 is 15.5 Å². The summed E-state index contributed by atoms with van der Waals surface area (Å²) in [5, 5.41) is 8.96. The minimum absolute atomic E-state index is 0.126. The van der Waals surface area contributed by atoms with Gasteiger partial charge in [-0.3, -0.25) is 10.1 Å². The molecule has 0 saturated heterocycles. The molecule has 0 aromatic heterocycles. The average Bonchev–Trinajstić information content (AvgIpc) is 2.47. The zero-order valence-electron chi connectivity index (χ0n) is 12.7. The number of rotatable bonds is 4. The summed E-state index contributed by atoms with van der Waals surface area (Å²) < 4.78 is 40.6. The first-order valence-corrected chi connectivity index (χ1v) is 8.97. The first-order valence-electron chi connectivity index (χ1n) is 7.36. The van der Waals surface area contributed by atoms with E-state index in [0.717, 1.165) is 0 Å². The molecule has 2 atom stereocenters. The van der Waals surface area contributed by atoms with Crippen molar-refractivity contribution in [3.05, 3.63) is 39.9 Å². The fraction of sp³-hybridized carbons (Fsp3) is 0.600. The lowest BCUT2D eigenvalue weighted by molar-refractivity contribution is -0.384. The molecular formula is C15H20FNO4S. The third kappa shape index (κ3) is 2.86. The topological polar surface area (TPSA) is 77.3 Å². The number of sulfone groups is 1. The van der Waals surface area contributed by atoms with Crippen molar-refractivity contribution in [1.29, 1.82) is 0 Å². The van der Waals surface area contributed by atoms with Crippen LogP contribution in [0.5, 0.6) is 0 Å². The molecule has 0 aliphatic heterocycles. The van der Waals surface area contributed by atoms with Gasteiger partial charge in [-0.05, 0) is 50.8 Å². The van der Waals surface area contributed by atoms with Crippen LogP contribution in [-0.4, -0.2) is 23.8 Å². The molecule has 0 amide bonds. The average molecular weight is 329 g/mol. The van der Waals surface area contributed by atoms with Gasteiger partial charge in [-0.1, -0.05) is 6.42 Å². The monoisotopic (exact) mass is 329 g/mol. The first-order chi connectivity index (χ1) is 10.2. The lowest BCUT2D eigenvalue weighted by Crippen LogP contribution is -2.46. The lowest BCUT2D eigenvalue weighted by Gasteiger charge is -2.38. The van der Waals surface area contributed by atoms with Crippen molar-refractivity contribution in [1.82, 2.24) is 0 Å². The Morgan fingerprint density at radius 2 is 1.86 bits per heavy atom. The molecule has 0 N–H and O–H groups in total. The van der Waals surface area contributed by atoms with E-state index >= 15 is 4.39 Å². The third-order valence-corrected chi connectivity index (χ3v) is 7.10. The quantitative estimate of drug-likeness (QED) is 0.625. The van der Waals surface area contributed by atoms with E-state index in [0.29, 0.717) is 12.8 Å². The van der Waals surface area contributed by atoms with Gasteiger partial charge in [-0.15, -0.1) is 0 Å². The second kappa shape index (κ2) is 5.95. The molecule has 0 bridgehead atoms. The molecule has 1 fully saturated rings. The fourth-order valence-electron chi connectivity index (χ4n) is 3.05. The van der Waals surface area contributed by atoms with E-state index in [2.05, 4.69) is 0 Å². The minimum atomic E-state index is -3.59. The molecule has 7 heteroatoms.